The van der Waals surface area contributed by atoms with E-state index in [-0.39, 0.29) is 24.6 Å². The summed E-state index contributed by atoms with van der Waals surface area (Å²) in [6.07, 6.45) is 1.02. The van der Waals surface area contributed by atoms with E-state index in [1.807, 2.05) is 30.3 Å². The standard InChI is InChI=1S/C25H30N2O4S/c1-19(29)9-10-20-11-13-21(14-12-20)25-23-17-26(15-5-6-16-27(23)24(25)18-28)32(30,31)22-7-3-2-4-8-22/h2-4,7-8,11-14,19,23-25,28-29H,5-6,15-18H2,1H3/t19-,23+,24-,25+/m1/s1. The second-order valence-electron chi connectivity index (χ2n) is 8.53. The number of hydrogen-bond acceptors (Lipinski definition) is 5. The van der Waals surface area contributed by atoms with Crippen molar-refractivity contribution in [3.63, 3.8) is 0 Å². The quantitative estimate of drug-likeness (QED) is 0.691. The van der Waals surface area contributed by atoms with Crippen molar-refractivity contribution in [2.45, 2.75) is 48.8 Å². The lowest BCUT2D eigenvalue weighted by molar-refractivity contribution is -0.0553. The number of hydrogen-bond donors (Lipinski definition) is 2. The number of fused-ring (bicyclic) bond motifs is 1. The molecule has 6 nitrogen and oxygen atoms in total. The van der Waals surface area contributed by atoms with Crippen LogP contribution < -0.4 is 0 Å². The van der Waals surface area contributed by atoms with Crippen LogP contribution in [0, 0.1) is 11.8 Å². The predicted molar refractivity (Wildman–Crippen MR) is 124 cm³/mol. The summed E-state index contributed by atoms with van der Waals surface area (Å²) in [6.45, 7) is 3.44. The minimum absolute atomic E-state index is 0.0142. The van der Waals surface area contributed by atoms with Crippen LogP contribution in [-0.2, 0) is 10.0 Å². The summed E-state index contributed by atoms with van der Waals surface area (Å²) in [5.74, 6) is 5.73. The third-order valence-corrected chi connectivity index (χ3v) is 8.31. The molecule has 0 unspecified atom stereocenters. The van der Waals surface area contributed by atoms with Gasteiger partial charge in [0.2, 0.25) is 10.0 Å². The molecular formula is C25H30N2O4S. The first-order chi connectivity index (χ1) is 15.4. The Kier molecular flexibility index (Phi) is 6.99. The molecule has 7 heteroatoms. The van der Waals surface area contributed by atoms with Gasteiger partial charge in [-0.15, -0.1) is 0 Å². The first kappa shape index (κ1) is 23.0. The topological polar surface area (TPSA) is 81.1 Å². The first-order valence-electron chi connectivity index (χ1n) is 11.1. The highest BCUT2D eigenvalue weighted by atomic mass is 32.2. The maximum atomic E-state index is 13.3. The summed E-state index contributed by atoms with van der Waals surface area (Å²) in [5, 5.41) is 19.5. The van der Waals surface area contributed by atoms with Crippen molar-refractivity contribution in [3.8, 4) is 11.8 Å². The van der Waals surface area contributed by atoms with Gasteiger partial charge in [0.05, 0.1) is 11.5 Å². The van der Waals surface area contributed by atoms with Crippen molar-refractivity contribution in [2.75, 3.05) is 26.2 Å². The van der Waals surface area contributed by atoms with Crippen molar-refractivity contribution in [1.82, 2.24) is 9.21 Å². The summed E-state index contributed by atoms with van der Waals surface area (Å²) < 4.78 is 28.2. The largest absolute Gasteiger partial charge is 0.395 e. The number of nitrogens with zero attached hydrogens (tertiary/aromatic N) is 2. The summed E-state index contributed by atoms with van der Waals surface area (Å²) >= 11 is 0. The smallest absolute Gasteiger partial charge is 0.243 e. The van der Waals surface area contributed by atoms with Crippen LogP contribution >= 0.6 is 0 Å². The Hall–Kier alpha value is -2.21. The molecule has 2 heterocycles. The number of aliphatic hydroxyl groups is 2. The van der Waals surface area contributed by atoms with Crippen LogP contribution in [0.2, 0.25) is 0 Å². The monoisotopic (exact) mass is 454 g/mol. The summed E-state index contributed by atoms with van der Waals surface area (Å²) in [7, 11) is -3.57. The number of aliphatic hydroxyl groups excluding tert-OH is 2. The van der Waals surface area contributed by atoms with E-state index in [4.69, 9.17) is 0 Å². The van der Waals surface area contributed by atoms with Crippen molar-refractivity contribution >= 4 is 10.0 Å². The van der Waals surface area contributed by atoms with E-state index in [0.29, 0.717) is 18.0 Å². The van der Waals surface area contributed by atoms with Crippen molar-refractivity contribution in [2.24, 2.45) is 0 Å². The average Bonchev–Trinajstić information content (AvgIpc) is 2.78. The van der Waals surface area contributed by atoms with E-state index < -0.39 is 16.1 Å². The zero-order valence-electron chi connectivity index (χ0n) is 18.3. The summed E-state index contributed by atoms with van der Waals surface area (Å²) in [4.78, 5) is 2.58. The fourth-order valence-corrected chi connectivity index (χ4v) is 6.36. The maximum absolute atomic E-state index is 13.3. The van der Waals surface area contributed by atoms with Crippen LogP contribution in [0.5, 0.6) is 0 Å². The van der Waals surface area contributed by atoms with E-state index in [9.17, 15) is 18.6 Å². The Morgan fingerprint density at radius 3 is 2.41 bits per heavy atom. The molecule has 2 saturated heterocycles. The van der Waals surface area contributed by atoms with Crippen LogP contribution in [0.1, 0.15) is 36.8 Å². The Morgan fingerprint density at radius 2 is 1.75 bits per heavy atom. The molecule has 0 radical (unpaired) electrons. The van der Waals surface area contributed by atoms with E-state index >= 15 is 0 Å². The molecule has 4 atom stereocenters. The lowest BCUT2D eigenvalue weighted by atomic mass is 9.74. The van der Waals surface area contributed by atoms with Crippen molar-refractivity contribution in [3.05, 3.63) is 65.7 Å². The van der Waals surface area contributed by atoms with Crippen LogP contribution in [0.3, 0.4) is 0 Å². The zero-order chi connectivity index (χ0) is 22.7. The minimum atomic E-state index is -3.57. The van der Waals surface area contributed by atoms with Crippen molar-refractivity contribution < 1.29 is 18.6 Å². The molecule has 0 bridgehead atoms. The van der Waals surface area contributed by atoms with Gasteiger partial charge in [0.1, 0.15) is 6.10 Å². The Labute approximate surface area is 190 Å². The van der Waals surface area contributed by atoms with Gasteiger partial charge in [0.15, 0.2) is 0 Å². The molecule has 2 aliphatic rings. The van der Waals surface area contributed by atoms with E-state index in [1.165, 1.54) is 0 Å². The van der Waals surface area contributed by atoms with Gasteiger partial charge in [0, 0.05) is 36.7 Å². The molecule has 2 fully saturated rings. The van der Waals surface area contributed by atoms with E-state index in [1.54, 1.807) is 35.5 Å². The molecular weight excluding hydrogens is 424 g/mol. The number of benzene rings is 2. The van der Waals surface area contributed by atoms with Crippen LogP contribution in [0.4, 0.5) is 0 Å². The third kappa shape index (κ3) is 4.61. The lowest BCUT2D eigenvalue weighted by Crippen LogP contribution is -2.67. The van der Waals surface area contributed by atoms with Gasteiger partial charge < -0.3 is 10.2 Å². The molecule has 4 rings (SSSR count). The highest BCUT2D eigenvalue weighted by Gasteiger charge is 2.50. The van der Waals surface area contributed by atoms with Crippen LogP contribution in [0.15, 0.2) is 59.5 Å². The fraction of sp³-hybridized carbons (Fsp3) is 0.440. The second-order valence-corrected chi connectivity index (χ2v) is 10.5. The second kappa shape index (κ2) is 9.74. The molecule has 170 valence electrons. The van der Waals surface area contributed by atoms with Gasteiger partial charge >= 0.3 is 0 Å². The fourth-order valence-electron chi connectivity index (χ4n) is 4.85. The molecule has 2 N–H and O–H groups in total. The van der Waals surface area contributed by atoms with Gasteiger partial charge in [-0.2, -0.15) is 4.31 Å². The first-order valence-corrected chi connectivity index (χ1v) is 12.6. The molecule has 0 spiro atoms. The Balaban J connectivity index is 1.60. The molecule has 0 amide bonds. The van der Waals surface area contributed by atoms with E-state index in [0.717, 1.165) is 30.5 Å². The van der Waals surface area contributed by atoms with Gasteiger partial charge in [-0.25, -0.2) is 8.42 Å². The SMILES string of the molecule is C[C@@H](O)C#Cc1ccc([C@@H]2[C@@H](CO)N3CCCCN(S(=O)(=O)c4ccccc4)C[C@@H]23)cc1. The lowest BCUT2D eigenvalue weighted by Gasteiger charge is -2.57. The van der Waals surface area contributed by atoms with Crippen LogP contribution in [0.25, 0.3) is 0 Å². The molecule has 2 aliphatic heterocycles. The molecule has 2 aromatic rings. The Bertz CT molecular complexity index is 1070. The molecule has 32 heavy (non-hydrogen) atoms. The highest BCUT2D eigenvalue weighted by molar-refractivity contribution is 7.89. The van der Waals surface area contributed by atoms with Gasteiger partial charge in [-0.05, 0) is 56.1 Å². The highest BCUT2D eigenvalue weighted by Crippen LogP contribution is 2.42. The molecule has 2 aromatic carbocycles. The minimum Gasteiger partial charge on any atom is -0.395 e. The van der Waals surface area contributed by atoms with Gasteiger partial charge in [0.25, 0.3) is 0 Å². The van der Waals surface area contributed by atoms with Gasteiger partial charge in [-0.3, -0.25) is 4.90 Å². The van der Waals surface area contributed by atoms with Crippen LogP contribution in [-0.4, -0.2) is 72.3 Å². The number of sulfonamides is 1. The third-order valence-electron chi connectivity index (χ3n) is 6.43. The Morgan fingerprint density at radius 1 is 1.06 bits per heavy atom. The van der Waals surface area contributed by atoms with E-state index in [2.05, 4.69) is 16.7 Å². The summed E-state index contributed by atoms with van der Waals surface area (Å²) in [5.41, 5.74) is 1.89. The average molecular weight is 455 g/mol. The molecule has 0 saturated carbocycles. The number of rotatable bonds is 4. The summed E-state index contributed by atoms with van der Waals surface area (Å²) in [6, 6.07) is 16.5. The maximum Gasteiger partial charge on any atom is 0.243 e. The normalized spacial score (nSPS) is 25.4. The van der Waals surface area contributed by atoms with Crippen molar-refractivity contribution in [1.29, 1.82) is 0 Å². The molecule has 0 aromatic heterocycles. The van der Waals surface area contributed by atoms with Gasteiger partial charge in [-0.1, -0.05) is 42.2 Å². The zero-order valence-corrected chi connectivity index (χ0v) is 19.1. The molecule has 0 aliphatic carbocycles. The predicted octanol–water partition coefficient (Wildman–Crippen LogP) is 2.03.